The molecular weight excluding hydrogens is 564 g/mol. The normalized spacial score (nSPS) is 62.2. The van der Waals surface area contributed by atoms with Crippen LogP contribution in [-0.4, -0.2) is 92.5 Å². The topological polar surface area (TPSA) is 138 Å². The van der Waals surface area contributed by atoms with Crippen LogP contribution in [0, 0.1) is 50.7 Å². The summed E-state index contributed by atoms with van der Waals surface area (Å²) in [6.07, 6.45) is 2.00. The Bertz CT molecular complexity index is 1200. The van der Waals surface area contributed by atoms with E-state index in [1.807, 2.05) is 0 Å². The Morgan fingerprint density at radius 2 is 1.52 bits per heavy atom. The van der Waals surface area contributed by atoms with E-state index in [-0.39, 0.29) is 51.8 Å². The molecule has 17 atom stereocenters. The number of hydrogen-bond acceptors (Lipinski definition) is 9. The van der Waals surface area contributed by atoms with Crippen molar-refractivity contribution in [2.24, 2.45) is 50.7 Å². The Kier molecular flexibility index (Phi) is 6.33. The Morgan fingerprint density at radius 1 is 0.841 bits per heavy atom. The van der Waals surface area contributed by atoms with Gasteiger partial charge in [-0.3, -0.25) is 0 Å². The maximum absolute atomic E-state index is 12.7. The second-order valence-electron chi connectivity index (χ2n) is 18.3. The van der Waals surface area contributed by atoms with Gasteiger partial charge in [0.1, 0.15) is 30.5 Å². The number of aliphatic hydroxyl groups excluding tert-OH is 4. The van der Waals surface area contributed by atoms with E-state index in [2.05, 4.69) is 34.6 Å². The summed E-state index contributed by atoms with van der Waals surface area (Å²) >= 11 is 0. The van der Waals surface area contributed by atoms with Gasteiger partial charge in [-0.05, 0) is 105 Å². The van der Waals surface area contributed by atoms with Crippen molar-refractivity contribution >= 4 is 0 Å². The lowest BCUT2D eigenvalue weighted by Crippen LogP contribution is -2.61. The summed E-state index contributed by atoms with van der Waals surface area (Å²) in [7, 11) is 0. The van der Waals surface area contributed by atoms with Crippen molar-refractivity contribution < 1.29 is 44.5 Å². The van der Waals surface area contributed by atoms with Gasteiger partial charge in [0.15, 0.2) is 12.1 Å². The molecule has 250 valence electrons. The highest BCUT2D eigenvalue weighted by Gasteiger charge is 2.88. The summed E-state index contributed by atoms with van der Waals surface area (Å²) in [5.41, 5.74) is -1.39. The van der Waals surface area contributed by atoms with Gasteiger partial charge in [0.25, 0.3) is 0 Å². The average Bonchev–Trinajstić information content (AvgIpc) is 3.45. The fraction of sp³-hybridized carbons (Fsp3) is 1.00. The van der Waals surface area contributed by atoms with E-state index in [9.17, 15) is 25.5 Å². The SMILES string of the molecule is CC1CC2O[C@]3(O[C@H]2C(C)(C)O)C1[C@@]1(C)CCC24CC25CC[C@H](O[C@H]2OC[C@H](O)[C@H](O)[C@H]2O)C(C)(C)C5CCC4[C@]1(C)[C@H]3O. The van der Waals surface area contributed by atoms with E-state index in [0.717, 1.165) is 44.9 Å². The minimum absolute atomic E-state index is 0.0559. The fourth-order valence-electron chi connectivity index (χ4n) is 14.0. The van der Waals surface area contributed by atoms with Gasteiger partial charge in [-0.2, -0.15) is 0 Å². The minimum Gasteiger partial charge on any atom is -0.388 e. The standard InChI is InChI=1S/C35H56O9/c1-17-14-19-26(30(4,5)40)44-35(43-19)25(17)31(6)12-13-34-16-33(34)11-10-22(42-27-24(38)23(37)18(36)15-41-27)29(2,3)20(33)8-9-21(34)32(31,7)28(35)39/h17-28,36-40H,8-16H2,1-7H3/t17?,18-,19?,20?,21?,22-,23-,24+,25?,26+,27+,28+,31+,32+,33?,34?,35-/m0/s1. The molecule has 3 saturated heterocycles. The molecule has 5 N–H and O–H groups in total. The lowest BCUT2D eigenvalue weighted by atomic mass is 9.41. The molecular formula is C35H56O9. The Balaban J connectivity index is 1.10. The molecule has 9 nitrogen and oxygen atoms in total. The molecule has 3 spiro atoms. The molecule has 2 bridgehead atoms. The predicted molar refractivity (Wildman–Crippen MR) is 159 cm³/mol. The maximum Gasteiger partial charge on any atom is 0.199 e. The van der Waals surface area contributed by atoms with Gasteiger partial charge < -0.3 is 44.5 Å². The Morgan fingerprint density at radius 3 is 2.23 bits per heavy atom. The van der Waals surface area contributed by atoms with Gasteiger partial charge in [0, 0.05) is 11.3 Å². The maximum atomic E-state index is 12.7. The third-order valence-corrected chi connectivity index (χ3v) is 15.9. The van der Waals surface area contributed by atoms with Gasteiger partial charge in [0.05, 0.1) is 24.4 Å². The zero-order chi connectivity index (χ0) is 31.6. The van der Waals surface area contributed by atoms with Crippen molar-refractivity contribution in [2.45, 2.75) is 160 Å². The fourth-order valence-corrected chi connectivity index (χ4v) is 14.0. The zero-order valence-corrected chi connectivity index (χ0v) is 27.7. The minimum atomic E-state index is -1.28. The molecule has 5 aliphatic carbocycles. The molecule has 8 fully saturated rings. The van der Waals surface area contributed by atoms with E-state index < -0.39 is 48.2 Å². The summed E-state index contributed by atoms with van der Waals surface area (Å²) in [4.78, 5) is 0. The molecule has 3 aliphatic heterocycles. The van der Waals surface area contributed by atoms with Crippen LogP contribution >= 0.6 is 0 Å². The van der Waals surface area contributed by atoms with Gasteiger partial charge in [-0.25, -0.2) is 0 Å². The van der Waals surface area contributed by atoms with Gasteiger partial charge in [-0.1, -0.05) is 34.6 Å². The van der Waals surface area contributed by atoms with Crippen LogP contribution in [0.25, 0.3) is 0 Å². The average molecular weight is 621 g/mol. The van der Waals surface area contributed by atoms with Crippen LogP contribution in [0.5, 0.6) is 0 Å². The van der Waals surface area contributed by atoms with Crippen molar-refractivity contribution in [3.05, 3.63) is 0 Å². The first-order chi connectivity index (χ1) is 20.4. The summed E-state index contributed by atoms with van der Waals surface area (Å²) in [5.74, 6) is 0.108. The smallest absolute Gasteiger partial charge is 0.199 e. The number of hydrogen-bond donors (Lipinski definition) is 5. The van der Waals surface area contributed by atoms with E-state index in [4.69, 9.17) is 18.9 Å². The highest BCUT2D eigenvalue weighted by Crippen LogP contribution is 2.90. The second kappa shape index (κ2) is 9.00. The molecule has 0 aromatic heterocycles. The van der Waals surface area contributed by atoms with E-state index in [1.165, 1.54) is 6.42 Å². The lowest BCUT2D eigenvalue weighted by Gasteiger charge is -2.63. The number of aliphatic hydroxyl groups is 5. The molecule has 0 radical (unpaired) electrons. The molecule has 0 aromatic carbocycles. The molecule has 0 amide bonds. The van der Waals surface area contributed by atoms with E-state index >= 15 is 0 Å². The largest absolute Gasteiger partial charge is 0.388 e. The number of fused-ring (bicyclic) bond motifs is 4. The zero-order valence-electron chi connectivity index (χ0n) is 27.7. The van der Waals surface area contributed by atoms with Crippen molar-refractivity contribution in [1.82, 2.24) is 0 Å². The molecule has 5 saturated carbocycles. The van der Waals surface area contributed by atoms with Crippen LogP contribution in [-0.2, 0) is 18.9 Å². The Hall–Kier alpha value is -0.360. The monoisotopic (exact) mass is 620 g/mol. The highest BCUT2D eigenvalue weighted by atomic mass is 16.8. The van der Waals surface area contributed by atoms with Crippen LogP contribution in [0.15, 0.2) is 0 Å². The molecule has 3 heterocycles. The van der Waals surface area contributed by atoms with E-state index in [1.54, 1.807) is 13.8 Å². The highest BCUT2D eigenvalue weighted by molar-refractivity contribution is 5.34. The van der Waals surface area contributed by atoms with Crippen LogP contribution in [0.2, 0.25) is 0 Å². The van der Waals surface area contributed by atoms with Crippen molar-refractivity contribution in [3.63, 3.8) is 0 Å². The van der Waals surface area contributed by atoms with Crippen LogP contribution in [0.3, 0.4) is 0 Å². The second-order valence-corrected chi connectivity index (χ2v) is 18.3. The summed E-state index contributed by atoms with van der Waals surface area (Å²) in [6.45, 7) is 15.2. The number of rotatable bonds is 3. The van der Waals surface area contributed by atoms with Crippen LogP contribution in [0.4, 0.5) is 0 Å². The van der Waals surface area contributed by atoms with Crippen LogP contribution in [0.1, 0.15) is 99.8 Å². The third kappa shape index (κ3) is 3.38. The van der Waals surface area contributed by atoms with Crippen molar-refractivity contribution in [2.75, 3.05) is 6.61 Å². The molecule has 7 unspecified atom stereocenters. The van der Waals surface area contributed by atoms with Gasteiger partial charge >= 0.3 is 0 Å². The van der Waals surface area contributed by atoms with Gasteiger partial charge in [-0.15, -0.1) is 0 Å². The summed E-state index contributed by atoms with van der Waals surface area (Å²) < 4.78 is 25.8. The lowest BCUT2D eigenvalue weighted by molar-refractivity contribution is -0.303. The quantitative estimate of drug-likeness (QED) is 0.301. The van der Waals surface area contributed by atoms with Crippen molar-refractivity contribution in [3.8, 4) is 0 Å². The number of ether oxygens (including phenoxy) is 4. The van der Waals surface area contributed by atoms with Crippen molar-refractivity contribution in [1.29, 1.82) is 0 Å². The summed E-state index contributed by atoms with van der Waals surface area (Å²) in [6, 6.07) is 0. The first-order valence-corrected chi connectivity index (χ1v) is 17.5. The first-order valence-electron chi connectivity index (χ1n) is 17.5. The molecule has 0 aromatic rings. The molecule has 8 aliphatic rings. The Labute approximate surface area is 262 Å². The third-order valence-electron chi connectivity index (χ3n) is 15.9. The molecule has 44 heavy (non-hydrogen) atoms. The van der Waals surface area contributed by atoms with Gasteiger partial charge in [0.2, 0.25) is 0 Å². The predicted octanol–water partition coefficient (Wildman–Crippen LogP) is 3.12. The molecule has 8 rings (SSSR count). The summed E-state index contributed by atoms with van der Waals surface area (Å²) in [5, 5.41) is 54.5. The van der Waals surface area contributed by atoms with Crippen LogP contribution < -0.4 is 0 Å². The first kappa shape index (κ1) is 30.9. The molecule has 9 heteroatoms. The van der Waals surface area contributed by atoms with E-state index in [0.29, 0.717) is 17.8 Å².